The normalized spacial score (nSPS) is 18.6. The van der Waals surface area contributed by atoms with Crippen LogP contribution in [0.4, 0.5) is 0 Å². The highest BCUT2D eigenvalue weighted by molar-refractivity contribution is 5.78. The Labute approximate surface area is 127 Å². The third kappa shape index (κ3) is 4.21. The smallest absolute Gasteiger partial charge is 0.236 e. The Morgan fingerprint density at radius 3 is 2.95 bits per heavy atom. The number of para-hydroxylation sites is 1. The largest absolute Gasteiger partial charge is 0.496 e. The molecule has 1 aromatic rings. The number of rotatable bonds is 6. The average molecular weight is 290 g/mol. The number of likely N-dealkylation sites (tertiary alicyclic amines) is 1. The van der Waals surface area contributed by atoms with Gasteiger partial charge in [-0.3, -0.25) is 4.79 Å². The predicted octanol–water partition coefficient (Wildman–Crippen LogP) is 2.58. The van der Waals surface area contributed by atoms with Crippen LogP contribution in [-0.4, -0.2) is 37.0 Å². The van der Waals surface area contributed by atoms with E-state index in [1.54, 1.807) is 7.11 Å². The number of nitrogens with zero attached hydrogens (tertiary/aromatic N) is 1. The molecule has 4 nitrogen and oxygen atoms in total. The van der Waals surface area contributed by atoms with Gasteiger partial charge in [0.15, 0.2) is 0 Å². The van der Waals surface area contributed by atoms with Gasteiger partial charge in [-0.1, -0.05) is 25.1 Å². The molecule has 1 amide bonds. The zero-order valence-corrected chi connectivity index (χ0v) is 13.1. The molecule has 1 heterocycles. The van der Waals surface area contributed by atoms with Gasteiger partial charge < -0.3 is 15.0 Å². The van der Waals surface area contributed by atoms with Crippen LogP contribution in [0.15, 0.2) is 24.3 Å². The van der Waals surface area contributed by atoms with Crippen LogP contribution < -0.4 is 10.1 Å². The Morgan fingerprint density at radius 1 is 1.38 bits per heavy atom. The first-order chi connectivity index (χ1) is 10.3. The van der Waals surface area contributed by atoms with Crippen LogP contribution in [0.3, 0.4) is 0 Å². The van der Waals surface area contributed by atoms with E-state index in [2.05, 4.69) is 17.1 Å². The van der Waals surface area contributed by atoms with Crippen molar-refractivity contribution in [3.05, 3.63) is 29.8 Å². The summed E-state index contributed by atoms with van der Waals surface area (Å²) in [6.45, 7) is 4.13. The quantitative estimate of drug-likeness (QED) is 0.875. The monoisotopic (exact) mass is 290 g/mol. The van der Waals surface area contributed by atoms with E-state index in [1.165, 1.54) is 6.42 Å². The molecule has 0 saturated carbocycles. The molecule has 1 aromatic carbocycles. The van der Waals surface area contributed by atoms with Crippen molar-refractivity contribution in [2.24, 2.45) is 0 Å². The molecule has 0 aromatic heterocycles. The summed E-state index contributed by atoms with van der Waals surface area (Å²) in [4.78, 5) is 14.4. The van der Waals surface area contributed by atoms with Crippen LogP contribution >= 0.6 is 0 Å². The lowest BCUT2D eigenvalue weighted by Gasteiger charge is -2.35. The Morgan fingerprint density at radius 2 is 2.19 bits per heavy atom. The molecule has 1 saturated heterocycles. The number of amides is 1. The molecule has 0 bridgehead atoms. The second-order valence-corrected chi connectivity index (χ2v) is 5.56. The number of benzene rings is 1. The molecular formula is C17H26N2O2. The summed E-state index contributed by atoms with van der Waals surface area (Å²) in [5, 5.41) is 3.25. The van der Waals surface area contributed by atoms with E-state index >= 15 is 0 Å². The maximum atomic E-state index is 12.3. The SMILES string of the molecule is CCC1CCCCN1C(=O)CNCc1ccccc1OC. The third-order valence-corrected chi connectivity index (χ3v) is 4.20. The fraction of sp³-hybridized carbons (Fsp3) is 0.588. The minimum Gasteiger partial charge on any atom is -0.496 e. The van der Waals surface area contributed by atoms with E-state index < -0.39 is 0 Å². The van der Waals surface area contributed by atoms with Crippen molar-refractivity contribution >= 4 is 5.91 Å². The van der Waals surface area contributed by atoms with Gasteiger partial charge in [0.25, 0.3) is 0 Å². The van der Waals surface area contributed by atoms with Gasteiger partial charge in [0.05, 0.1) is 13.7 Å². The van der Waals surface area contributed by atoms with Crippen LogP contribution in [-0.2, 0) is 11.3 Å². The van der Waals surface area contributed by atoms with Crippen molar-refractivity contribution in [3.63, 3.8) is 0 Å². The van der Waals surface area contributed by atoms with E-state index in [9.17, 15) is 4.79 Å². The number of nitrogens with one attached hydrogen (secondary N) is 1. The molecular weight excluding hydrogens is 264 g/mol. The van der Waals surface area contributed by atoms with E-state index in [0.717, 1.165) is 37.1 Å². The van der Waals surface area contributed by atoms with Crippen molar-refractivity contribution in [1.82, 2.24) is 10.2 Å². The van der Waals surface area contributed by atoms with Gasteiger partial charge >= 0.3 is 0 Å². The molecule has 0 spiro atoms. The van der Waals surface area contributed by atoms with E-state index in [4.69, 9.17) is 4.74 Å². The minimum atomic E-state index is 0.219. The van der Waals surface area contributed by atoms with Gasteiger partial charge in [-0.15, -0.1) is 0 Å². The molecule has 21 heavy (non-hydrogen) atoms. The summed E-state index contributed by atoms with van der Waals surface area (Å²) < 4.78 is 5.32. The number of hydrogen-bond acceptors (Lipinski definition) is 3. The molecule has 1 aliphatic rings. The number of piperidine rings is 1. The molecule has 4 heteroatoms. The number of carbonyl (C=O) groups excluding carboxylic acids is 1. The molecule has 1 atom stereocenters. The molecule has 116 valence electrons. The summed E-state index contributed by atoms with van der Waals surface area (Å²) in [5.41, 5.74) is 1.08. The highest BCUT2D eigenvalue weighted by Gasteiger charge is 2.24. The van der Waals surface area contributed by atoms with Gasteiger partial charge in [0.2, 0.25) is 5.91 Å². The lowest BCUT2D eigenvalue weighted by molar-refractivity contribution is -0.134. The molecule has 0 aliphatic carbocycles. The maximum Gasteiger partial charge on any atom is 0.236 e. The number of carbonyl (C=O) groups is 1. The van der Waals surface area contributed by atoms with Crippen LogP contribution in [0.2, 0.25) is 0 Å². The first kappa shape index (κ1) is 15.8. The second-order valence-electron chi connectivity index (χ2n) is 5.56. The topological polar surface area (TPSA) is 41.6 Å². The summed E-state index contributed by atoms with van der Waals surface area (Å²) in [5.74, 6) is 1.08. The molecule has 1 aliphatic heterocycles. The number of methoxy groups -OCH3 is 1. The van der Waals surface area contributed by atoms with Crippen molar-refractivity contribution in [3.8, 4) is 5.75 Å². The van der Waals surface area contributed by atoms with Crippen molar-refractivity contribution in [2.45, 2.75) is 45.2 Å². The molecule has 0 radical (unpaired) electrons. The summed E-state index contributed by atoms with van der Waals surface area (Å²) in [6.07, 6.45) is 4.58. The first-order valence-corrected chi connectivity index (χ1v) is 7.88. The van der Waals surface area contributed by atoms with Gasteiger partial charge in [0, 0.05) is 24.7 Å². The summed E-state index contributed by atoms with van der Waals surface area (Å²) in [6, 6.07) is 8.33. The van der Waals surface area contributed by atoms with Gasteiger partial charge in [-0.2, -0.15) is 0 Å². The molecule has 2 rings (SSSR count). The molecule has 1 N–H and O–H groups in total. The lowest BCUT2D eigenvalue weighted by Crippen LogP contribution is -2.46. The van der Waals surface area contributed by atoms with Crippen molar-refractivity contribution in [1.29, 1.82) is 0 Å². The zero-order valence-electron chi connectivity index (χ0n) is 13.1. The lowest BCUT2D eigenvalue weighted by atomic mass is 10.00. The third-order valence-electron chi connectivity index (χ3n) is 4.20. The van der Waals surface area contributed by atoms with Crippen LogP contribution in [0.1, 0.15) is 38.2 Å². The van der Waals surface area contributed by atoms with E-state index in [1.807, 2.05) is 24.3 Å². The Hall–Kier alpha value is -1.55. The fourth-order valence-electron chi connectivity index (χ4n) is 3.01. The Kier molecular flexibility index (Phi) is 6.05. The van der Waals surface area contributed by atoms with Gasteiger partial charge in [0.1, 0.15) is 5.75 Å². The highest BCUT2D eigenvalue weighted by atomic mass is 16.5. The van der Waals surface area contributed by atoms with Crippen molar-refractivity contribution < 1.29 is 9.53 Å². The van der Waals surface area contributed by atoms with Crippen LogP contribution in [0, 0.1) is 0 Å². The van der Waals surface area contributed by atoms with Gasteiger partial charge in [-0.25, -0.2) is 0 Å². The fourth-order valence-corrected chi connectivity index (χ4v) is 3.01. The maximum absolute atomic E-state index is 12.3. The van der Waals surface area contributed by atoms with Crippen LogP contribution in [0.5, 0.6) is 5.75 Å². The Bertz CT molecular complexity index is 462. The average Bonchev–Trinajstić information content (AvgIpc) is 2.55. The highest BCUT2D eigenvalue weighted by Crippen LogP contribution is 2.19. The standard InChI is InChI=1S/C17H26N2O2/c1-3-15-9-6-7-11-19(15)17(20)13-18-12-14-8-4-5-10-16(14)21-2/h4-5,8,10,15,18H,3,6-7,9,11-13H2,1-2H3. The van der Waals surface area contributed by atoms with Crippen molar-refractivity contribution in [2.75, 3.05) is 20.2 Å². The summed E-state index contributed by atoms with van der Waals surface area (Å²) >= 11 is 0. The number of hydrogen-bond donors (Lipinski definition) is 1. The van der Waals surface area contributed by atoms with Gasteiger partial charge in [-0.05, 0) is 31.7 Å². The summed E-state index contributed by atoms with van der Waals surface area (Å²) in [7, 11) is 1.67. The molecule has 1 unspecified atom stereocenters. The predicted molar refractivity (Wildman–Crippen MR) is 84.3 cm³/mol. The second kappa shape index (κ2) is 8.03. The minimum absolute atomic E-state index is 0.219. The first-order valence-electron chi connectivity index (χ1n) is 7.88. The van der Waals surface area contributed by atoms with E-state index in [0.29, 0.717) is 19.1 Å². The zero-order chi connectivity index (χ0) is 15.1. The molecule has 1 fully saturated rings. The number of ether oxygens (including phenoxy) is 1. The van der Waals surface area contributed by atoms with E-state index in [-0.39, 0.29) is 5.91 Å². The Balaban J connectivity index is 1.83. The van der Waals surface area contributed by atoms with Crippen LogP contribution in [0.25, 0.3) is 0 Å².